The van der Waals surface area contributed by atoms with Crippen molar-refractivity contribution >= 4 is 11.6 Å². The Morgan fingerprint density at radius 3 is 2.67 bits per heavy atom. The molecule has 0 bridgehead atoms. The van der Waals surface area contributed by atoms with E-state index in [1.807, 2.05) is 6.07 Å². The van der Waals surface area contributed by atoms with E-state index in [0.29, 0.717) is 24.7 Å². The second kappa shape index (κ2) is 4.17. The molecule has 5 heteroatoms. The molecule has 1 amide bonds. The number of fused-ring (bicyclic) bond motifs is 1. The number of hydrogen-bond donors (Lipinski definition) is 2. The fourth-order valence-electron chi connectivity index (χ4n) is 1.86. The minimum atomic E-state index is -0.663. The lowest BCUT2D eigenvalue weighted by molar-refractivity contribution is -0.118. The molecule has 1 fully saturated rings. The van der Waals surface area contributed by atoms with Crippen molar-refractivity contribution in [1.82, 2.24) is 0 Å². The normalized spacial score (nSPS) is 19.8. The van der Waals surface area contributed by atoms with Crippen molar-refractivity contribution in [2.45, 2.75) is 24.8 Å². The number of carbonyl (C=O) groups is 1. The first-order valence-corrected chi connectivity index (χ1v) is 6.17. The Morgan fingerprint density at radius 2 is 1.94 bits per heavy atom. The SMILES string of the molecule is NC1(C(=O)Nc2ccc3c(c2)OCCCO3)CC1. The van der Waals surface area contributed by atoms with Crippen LogP contribution in [-0.4, -0.2) is 24.7 Å². The maximum absolute atomic E-state index is 11.8. The quantitative estimate of drug-likeness (QED) is 0.826. The Balaban J connectivity index is 1.77. The first-order valence-electron chi connectivity index (χ1n) is 6.17. The van der Waals surface area contributed by atoms with E-state index in [1.165, 1.54) is 0 Å². The molecule has 1 aliphatic heterocycles. The van der Waals surface area contributed by atoms with Crippen molar-refractivity contribution in [2.75, 3.05) is 18.5 Å². The molecule has 3 rings (SSSR count). The first kappa shape index (κ1) is 11.3. The number of amides is 1. The molecule has 1 aromatic rings. The third-order valence-corrected chi connectivity index (χ3v) is 3.25. The molecule has 5 nitrogen and oxygen atoms in total. The summed E-state index contributed by atoms with van der Waals surface area (Å²) < 4.78 is 11.1. The van der Waals surface area contributed by atoms with Crippen LogP contribution >= 0.6 is 0 Å². The van der Waals surface area contributed by atoms with Crippen LogP contribution in [0.2, 0.25) is 0 Å². The molecule has 1 aromatic carbocycles. The van der Waals surface area contributed by atoms with Crippen molar-refractivity contribution in [3.05, 3.63) is 18.2 Å². The van der Waals surface area contributed by atoms with E-state index in [1.54, 1.807) is 12.1 Å². The predicted octanol–water partition coefficient (Wildman–Crippen LogP) is 1.28. The van der Waals surface area contributed by atoms with Gasteiger partial charge in [-0.2, -0.15) is 0 Å². The Labute approximate surface area is 105 Å². The number of hydrogen-bond acceptors (Lipinski definition) is 4. The van der Waals surface area contributed by atoms with E-state index in [4.69, 9.17) is 15.2 Å². The number of carbonyl (C=O) groups excluding carboxylic acids is 1. The van der Waals surface area contributed by atoms with Crippen molar-refractivity contribution in [2.24, 2.45) is 5.73 Å². The number of nitrogens with one attached hydrogen (secondary N) is 1. The first-order chi connectivity index (χ1) is 8.67. The highest BCUT2D eigenvalue weighted by Crippen LogP contribution is 2.35. The van der Waals surface area contributed by atoms with Gasteiger partial charge in [-0.25, -0.2) is 0 Å². The van der Waals surface area contributed by atoms with Crippen LogP contribution in [0.4, 0.5) is 5.69 Å². The van der Waals surface area contributed by atoms with Gasteiger partial charge in [-0.3, -0.25) is 4.79 Å². The summed E-state index contributed by atoms with van der Waals surface area (Å²) in [5.41, 5.74) is 5.87. The zero-order chi connectivity index (χ0) is 12.6. The van der Waals surface area contributed by atoms with Gasteiger partial charge in [0.15, 0.2) is 11.5 Å². The summed E-state index contributed by atoms with van der Waals surface area (Å²) in [6, 6.07) is 5.40. The van der Waals surface area contributed by atoms with Gasteiger partial charge < -0.3 is 20.5 Å². The van der Waals surface area contributed by atoms with Gasteiger partial charge in [-0.05, 0) is 25.0 Å². The Hall–Kier alpha value is -1.75. The zero-order valence-electron chi connectivity index (χ0n) is 10.1. The molecule has 2 aliphatic rings. The van der Waals surface area contributed by atoms with Crippen molar-refractivity contribution < 1.29 is 14.3 Å². The van der Waals surface area contributed by atoms with E-state index in [-0.39, 0.29) is 5.91 Å². The maximum atomic E-state index is 11.8. The summed E-state index contributed by atoms with van der Waals surface area (Å²) in [6.45, 7) is 1.29. The molecule has 3 N–H and O–H groups in total. The minimum absolute atomic E-state index is 0.128. The molecule has 18 heavy (non-hydrogen) atoms. The van der Waals surface area contributed by atoms with E-state index in [0.717, 1.165) is 25.0 Å². The molecule has 1 aliphatic carbocycles. The number of anilines is 1. The van der Waals surface area contributed by atoms with Crippen LogP contribution in [0.5, 0.6) is 11.5 Å². The second-order valence-electron chi connectivity index (χ2n) is 4.82. The van der Waals surface area contributed by atoms with Gasteiger partial charge in [0.2, 0.25) is 5.91 Å². The van der Waals surface area contributed by atoms with Crippen LogP contribution in [0.15, 0.2) is 18.2 Å². The second-order valence-corrected chi connectivity index (χ2v) is 4.82. The van der Waals surface area contributed by atoms with Gasteiger partial charge in [0.1, 0.15) is 0 Å². The smallest absolute Gasteiger partial charge is 0.244 e. The van der Waals surface area contributed by atoms with Crippen molar-refractivity contribution in [3.63, 3.8) is 0 Å². The summed E-state index contributed by atoms with van der Waals surface area (Å²) in [5, 5.41) is 2.82. The van der Waals surface area contributed by atoms with E-state index < -0.39 is 5.54 Å². The topological polar surface area (TPSA) is 73.6 Å². The predicted molar refractivity (Wildman–Crippen MR) is 66.8 cm³/mol. The van der Waals surface area contributed by atoms with Crippen molar-refractivity contribution in [1.29, 1.82) is 0 Å². The van der Waals surface area contributed by atoms with Gasteiger partial charge >= 0.3 is 0 Å². The van der Waals surface area contributed by atoms with Crippen molar-refractivity contribution in [3.8, 4) is 11.5 Å². The number of benzene rings is 1. The van der Waals surface area contributed by atoms with E-state index in [2.05, 4.69) is 5.32 Å². The summed E-state index contributed by atoms with van der Waals surface area (Å²) in [6.07, 6.45) is 2.37. The highest BCUT2D eigenvalue weighted by atomic mass is 16.5. The largest absolute Gasteiger partial charge is 0.490 e. The summed E-state index contributed by atoms with van der Waals surface area (Å²) in [7, 11) is 0. The molecule has 1 heterocycles. The van der Waals surface area contributed by atoms with Gasteiger partial charge in [0, 0.05) is 18.2 Å². The highest BCUT2D eigenvalue weighted by Gasteiger charge is 2.45. The average Bonchev–Trinajstić information content (AvgIpc) is 3.13. The van der Waals surface area contributed by atoms with Gasteiger partial charge in [0.05, 0.1) is 18.8 Å². The molecule has 0 aromatic heterocycles. The van der Waals surface area contributed by atoms with Crippen LogP contribution in [0, 0.1) is 0 Å². The van der Waals surface area contributed by atoms with Crippen LogP contribution < -0.4 is 20.5 Å². The molecular formula is C13H16N2O3. The molecule has 0 saturated heterocycles. The third-order valence-electron chi connectivity index (χ3n) is 3.25. The summed E-state index contributed by atoms with van der Waals surface area (Å²) in [5.74, 6) is 1.27. The molecule has 1 saturated carbocycles. The Bertz CT molecular complexity index is 483. The highest BCUT2D eigenvalue weighted by molar-refractivity contribution is 6.00. The van der Waals surface area contributed by atoms with Gasteiger partial charge in [-0.15, -0.1) is 0 Å². The maximum Gasteiger partial charge on any atom is 0.244 e. The lowest BCUT2D eigenvalue weighted by atomic mass is 10.2. The standard InChI is InChI=1S/C13H16N2O3/c14-13(4-5-13)12(16)15-9-2-3-10-11(8-9)18-7-1-6-17-10/h2-3,8H,1,4-7,14H2,(H,15,16). The molecular weight excluding hydrogens is 232 g/mol. The third kappa shape index (κ3) is 2.13. The van der Waals surface area contributed by atoms with Crippen LogP contribution in [-0.2, 0) is 4.79 Å². The number of rotatable bonds is 2. The lowest BCUT2D eigenvalue weighted by Gasteiger charge is -2.12. The Morgan fingerprint density at radius 1 is 1.22 bits per heavy atom. The summed E-state index contributed by atoms with van der Waals surface area (Å²) in [4.78, 5) is 11.8. The minimum Gasteiger partial charge on any atom is -0.490 e. The molecule has 0 radical (unpaired) electrons. The number of ether oxygens (including phenoxy) is 2. The summed E-state index contributed by atoms with van der Waals surface area (Å²) >= 11 is 0. The van der Waals surface area contributed by atoms with E-state index in [9.17, 15) is 4.79 Å². The van der Waals surface area contributed by atoms with Gasteiger partial charge in [-0.1, -0.05) is 0 Å². The van der Waals surface area contributed by atoms with Crippen LogP contribution in [0.1, 0.15) is 19.3 Å². The molecule has 0 unspecified atom stereocenters. The van der Waals surface area contributed by atoms with Crippen LogP contribution in [0.3, 0.4) is 0 Å². The van der Waals surface area contributed by atoms with Gasteiger partial charge in [0.25, 0.3) is 0 Å². The average molecular weight is 248 g/mol. The monoisotopic (exact) mass is 248 g/mol. The number of nitrogens with two attached hydrogens (primary N) is 1. The van der Waals surface area contributed by atoms with Crippen LogP contribution in [0.25, 0.3) is 0 Å². The fourth-order valence-corrected chi connectivity index (χ4v) is 1.86. The van der Waals surface area contributed by atoms with E-state index >= 15 is 0 Å². The molecule has 0 atom stereocenters. The molecule has 0 spiro atoms. The lowest BCUT2D eigenvalue weighted by Crippen LogP contribution is -2.37. The molecule has 96 valence electrons. The zero-order valence-corrected chi connectivity index (χ0v) is 10.1. The Kier molecular flexibility index (Phi) is 2.63. The fraction of sp³-hybridized carbons (Fsp3) is 0.462.